The monoisotopic (exact) mass is 379 g/mol. The Labute approximate surface area is 157 Å². The highest BCUT2D eigenvalue weighted by molar-refractivity contribution is 5.75. The van der Waals surface area contributed by atoms with Crippen LogP contribution in [0.15, 0.2) is 42.5 Å². The van der Waals surface area contributed by atoms with E-state index >= 15 is 0 Å². The molecule has 1 N–H and O–H groups in total. The average molecular weight is 379 g/mol. The predicted molar refractivity (Wildman–Crippen MR) is 97.4 cm³/mol. The minimum absolute atomic E-state index is 0.0454. The number of methoxy groups -OCH3 is 1. The van der Waals surface area contributed by atoms with Gasteiger partial charge >= 0.3 is 6.61 Å². The van der Waals surface area contributed by atoms with Gasteiger partial charge in [-0.3, -0.25) is 4.79 Å². The molecule has 0 heterocycles. The standard InChI is InChI=1S/C20H23F2NO4/c1-14-6-3-4-7-16(14)26-11-5-8-19(24)23-13-15-9-10-17(27-20(21)22)18(12-15)25-2/h3-4,6-7,9-10,12,20H,5,8,11,13H2,1-2H3,(H,23,24). The summed E-state index contributed by atoms with van der Waals surface area (Å²) in [5.41, 5.74) is 1.77. The fourth-order valence-corrected chi connectivity index (χ4v) is 2.44. The number of alkyl halides is 2. The number of aryl methyl sites for hydroxylation is 1. The number of hydrogen-bond acceptors (Lipinski definition) is 4. The Bertz CT molecular complexity index is 753. The first-order chi connectivity index (χ1) is 13.0. The van der Waals surface area contributed by atoms with Gasteiger partial charge in [-0.2, -0.15) is 8.78 Å². The third-order valence-electron chi connectivity index (χ3n) is 3.83. The van der Waals surface area contributed by atoms with Crippen LogP contribution in [-0.4, -0.2) is 26.2 Å². The lowest BCUT2D eigenvalue weighted by molar-refractivity contribution is -0.121. The minimum Gasteiger partial charge on any atom is -0.493 e. The van der Waals surface area contributed by atoms with Gasteiger partial charge in [0.05, 0.1) is 13.7 Å². The molecule has 146 valence electrons. The number of benzene rings is 2. The molecule has 0 aromatic heterocycles. The van der Waals surface area contributed by atoms with Crippen LogP contribution in [0, 0.1) is 6.92 Å². The Morgan fingerprint density at radius 2 is 1.89 bits per heavy atom. The second-order valence-corrected chi connectivity index (χ2v) is 5.86. The van der Waals surface area contributed by atoms with Crippen LogP contribution in [0.3, 0.4) is 0 Å². The van der Waals surface area contributed by atoms with Gasteiger partial charge in [-0.05, 0) is 42.7 Å². The fraction of sp³-hybridized carbons (Fsp3) is 0.350. The van der Waals surface area contributed by atoms with E-state index in [9.17, 15) is 13.6 Å². The first-order valence-corrected chi connectivity index (χ1v) is 8.56. The van der Waals surface area contributed by atoms with Crippen molar-refractivity contribution in [3.8, 4) is 17.2 Å². The topological polar surface area (TPSA) is 56.8 Å². The lowest BCUT2D eigenvalue weighted by Gasteiger charge is -2.12. The summed E-state index contributed by atoms with van der Waals surface area (Å²) >= 11 is 0. The van der Waals surface area contributed by atoms with Gasteiger partial charge < -0.3 is 19.5 Å². The van der Waals surface area contributed by atoms with E-state index in [0.717, 1.165) is 16.9 Å². The van der Waals surface area contributed by atoms with Crippen molar-refractivity contribution < 1.29 is 27.8 Å². The molecule has 0 aliphatic carbocycles. The summed E-state index contributed by atoms with van der Waals surface area (Å²) < 4.78 is 39.7. The molecule has 0 unspecified atom stereocenters. The summed E-state index contributed by atoms with van der Waals surface area (Å²) in [7, 11) is 1.37. The van der Waals surface area contributed by atoms with Gasteiger partial charge in [0.2, 0.25) is 5.91 Å². The minimum atomic E-state index is -2.92. The van der Waals surface area contributed by atoms with Gasteiger partial charge in [-0.15, -0.1) is 0 Å². The highest BCUT2D eigenvalue weighted by Gasteiger charge is 2.11. The maximum absolute atomic E-state index is 12.3. The molecule has 5 nitrogen and oxygen atoms in total. The van der Waals surface area contributed by atoms with Crippen molar-refractivity contribution in [2.24, 2.45) is 0 Å². The summed E-state index contributed by atoms with van der Waals surface area (Å²) in [5.74, 6) is 0.843. The number of hydrogen-bond donors (Lipinski definition) is 1. The van der Waals surface area contributed by atoms with Crippen LogP contribution in [0.4, 0.5) is 8.78 Å². The molecule has 0 spiro atoms. The van der Waals surface area contributed by atoms with Crippen LogP contribution in [-0.2, 0) is 11.3 Å². The second kappa shape index (κ2) is 10.4. The normalized spacial score (nSPS) is 10.6. The van der Waals surface area contributed by atoms with Gasteiger partial charge in [0.15, 0.2) is 11.5 Å². The quantitative estimate of drug-likeness (QED) is 0.632. The molecule has 2 aromatic carbocycles. The smallest absolute Gasteiger partial charge is 0.387 e. The molecule has 0 atom stereocenters. The van der Waals surface area contributed by atoms with Crippen LogP contribution in [0.25, 0.3) is 0 Å². The molecule has 27 heavy (non-hydrogen) atoms. The molecule has 0 aliphatic rings. The Kier molecular flexibility index (Phi) is 7.85. The van der Waals surface area contributed by atoms with Gasteiger partial charge in [-0.25, -0.2) is 0 Å². The van der Waals surface area contributed by atoms with Crippen molar-refractivity contribution in [2.45, 2.75) is 32.9 Å². The van der Waals surface area contributed by atoms with E-state index in [1.807, 2.05) is 31.2 Å². The van der Waals surface area contributed by atoms with Crippen LogP contribution in [0.2, 0.25) is 0 Å². The van der Waals surface area contributed by atoms with E-state index in [-0.39, 0.29) is 24.0 Å². The number of ether oxygens (including phenoxy) is 3. The lowest BCUT2D eigenvalue weighted by atomic mass is 10.2. The molecule has 2 rings (SSSR count). The largest absolute Gasteiger partial charge is 0.493 e. The van der Waals surface area contributed by atoms with Gasteiger partial charge in [0.25, 0.3) is 0 Å². The van der Waals surface area contributed by atoms with Crippen molar-refractivity contribution in [2.75, 3.05) is 13.7 Å². The lowest BCUT2D eigenvalue weighted by Crippen LogP contribution is -2.23. The molecule has 0 fully saturated rings. The van der Waals surface area contributed by atoms with Crippen LogP contribution in [0.1, 0.15) is 24.0 Å². The van der Waals surface area contributed by atoms with E-state index < -0.39 is 6.61 Å². The van der Waals surface area contributed by atoms with Crippen molar-refractivity contribution in [1.29, 1.82) is 0 Å². The van der Waals surface area contributed by atoms with Crippen molar-refractivity contribution in [3.63, 3.8) is 0 Å². The summed E-state index contributed by atoms with van der Waals surface area (Å²) in [6.07, 6.45) is 0.917. The number of rotatable bonds is 10. The maximum Gasteiger partial charge on any atom is 0.387 e. The highest BCUT2D eigenvalue weighted by atomic mass is 19.3. The molecule has 1 amide bonds. The summed E-state index contributed by atoms with van der Waals surface area (Å²) in [6.45, 7) is -0.242. The Hall–Kier alpha value is -2.83. The third-order valence-corrected chi connectivity index (χ3v) is 3.83. The Balaban J connectivity index is 1.74. The maximum atomic E-state index is 12.3. The number of halogens is 2. The summed E-state index contributed by atoms with van der Waals surface area (Å²) in [5, 5.41) is 2.78. The summed E-state index contributed by atoms with van der Waals surface area (Å²) in [4.78, 5) is 11.9. The third kappa shape index (κ3) is 6.77. The highest BCUT2D eigenvalue weighted by Crippen LogP contribution is 2.29. The van der Waals surface area contributed by atoms with Crippen LogP contribution >= 0.6 is 0 Å². The zero-order chi connectivity index (χ0) is 19.6. The molecule has 2 aromatic rings. The molecular weight excluding hydrogens is 356 g/mol. The van der Waals surface area contributed by atoms with Crippen LogP contribution < -0.4 is 19.5 Å². The van der Waals surface area contributed by atoms with Gasteiger partial charge in [0.1, 0.15) is 5.75 Å². The SMILES string of the molecule is COc1cc(CNC(=O)CCCOc2ccccc2C)ccc1OC(F)F. The molecule has 0 saturated heterocycles. The first-order valence-electron chi connectivity index (χ1n) is 8.56. The average Bonchev–Trinajstić information content (AvgIpc) is 2.65. The Morgan fingerprint density at radius 3 is 2.59 bits per heavy atom. The van der Waals surface area contributed by atoms with Crippen molar-refractivity contribution >= 4 is 5.91 Å². The predicted octanol–water partition coefficient (Wildman–Crippen LogP) is 4.08. The van der Waals surface area contributed by atoms with E-state index in [1.54, 1.807) is 12.1 Å². The van der Waals surface area contributed by atoms with Crippen molar-refractivity contribution in [3.05, 3.63) is 53.6 Å². The zero-order valence-electron chi connectivity index (χ0n) is 15.3. The van der Waals surface area contributed by atoms with Gasteiger partial charge in [0, 0.05) is 13.0 Å². The number of carbonyl (C=O) groups is 1. The van der Waals surface area contributed by atoms with Crippen molar-refractivity contribution in [1.82, 2.24) is 5.32 Å². The van der Waals surface area contributed by atoms with E-state index in [4.69, 9.17) is 9.47 Å². The number of para-hydroxylation sites is 1. The van der Waals surface area contributed by atoms with E-state index in [0.29, 0.717) is 19.4 Å². The zero-order valence-corrected chi connectivity index (χ0v) is 15.3. The Morgan fingerprint density at radius 1 is 1.11 bits per heavy atom. The number of amides is 1. The molecular formula is C20H23F2NO4. The molecule has 0 radical (unpaired) electrons. The van der Waals surface area contributed by atoms with E-state index in [1.165, 1.54) is 13.2 Å². The molecule has 0 aliphatic heterocycles. The van der Waals surface area contributed by atoms with Crippen LogP contribution in [0.5, 0.6) is 17.2 Å². The molecule has 0 bridgehead atoms. The molecule has 7 heteroatoms. The fourth-order valence-electron chi connectivity index (χ4n) is 2.44. The summed E-state index contributed by atoms with van der Waals surface area (Å²) in [6, 6.07) is 12.2. The number of nitrogens with one attached hydrogen (secondary N) is 1. The second-order valence-electron chi connectivity index (χ2n) is 5.86. The molecule has 0 saturated carbocycles. The first kappa shape index (κ1) is 20.5. The van der Waals surface area contributed by atoms with Gasteiger partial charge in [-0.1, -0.05) is 24.3 Å². The number of carbonyl (C=O) groups excluding carboxylic acids is 1. The van der Waals surface area contributed by atoms with E-state index in [2.05, 4.69) is 10.1 Å².